The molecule has 1 aliphatic carbocycles. The summed E-state index contributed by atoms with van der Waals surface area (Å²) in [4.78, 5) is 19.6. The number of carbonyl (C=O) groups is 1. The molecule has 0 bridgehead atoms. The molecule has 1 fully saturated rings. The number of primary amides is 1. The second-order valence-corrected chi connectivity index (χ2v) is 6.34. The average molecular weight is 341 g/mol. The van der Waals surface area contributed by atoms with Crippen molar-refractivity contribution in [1.82, 2.24) is 9.97 Å². The molecule has 1 aromatic carbocycles. The Morgan fingerprint density at radius 3 is 2.56 bits per heavy atom. The predicted octanol–water partition coefficient (Wildman–Crippen LogP) is 2.86. The Morgan fingerprint density at radius 2 is 1.88 bits per heavy atom. The molecule has 1 heterocycles. The highest BCUT2D eigenvalue weighted by molar-refractivity contribution is 5.93. The summed E-state index contributed by atoms with van der Waals surface area (Å²) in [5, 5.41) is 3.05. The Kier molecular flexibility index (Phi) is 5.33. The number of nitrogens with one attached hydrogen (secondary N) is 1. The van der Waals surface area contributed by atoms with Crippen LogP contribution in [0.4, 0.5) is 17.5 Å². The molecule has 0 spiro atoms. The topological polar surface area (TPSA) is 116 Å². The third-order valence-corrected chi connectivity index (χ3v) is 4.34. The molecular weight excluding hydrogens is 318 g/mol. The van der Waals surface area contributed by atoms with Crippen LogP contribution >= 0.6 is 0 Å². The fourth-order valence-electron chi connectivity index (χ4n) is 2.98. The van der Waals surface area contributed by atoms with Gasteiger partial charge in [0, 0.05) is 17.3 Å². The van der Waals surface area contributed by atoms with Crippen molar-refractivity contribution in [2.45, 2.75) is 32.1 Å². The first-order valence-electron chi connectivity index (χ1n) is 8.54. The SMILES string of the molecule is NC(=O)c1ccc(Nc2nc(N)cc(OCC3CCCCC3)n2)cc1. The smallest absolute Gasteiger partial charge is 0.248 e. The van der Waals surface area contributed by atoms with Gasteiger partial charge >= 0.3 is 0 Å². The molecule has 0 radical (unpaired) electrons. The summed E-state index contributed by atoms with van der Waals surface area (Å²) >= 11 is 0. The zero-order chi connectivity index (χ0) is 17.6. The van der Waals surface area contributed by atoms with E-state index in [1.54, 1.807) is 30.3 Å². The van der Waals surface area contributed by atoms with E-state index in [2.05, 4.69) is 15.3 Å². The number of nitrogens with two attached hydrogens (primary N) is 2. The summed E-state index contributed by atoms with van der Waals surface area (Å²) in [6, 6.07) is 8.36. The molecule has 0 atom stereocenters. The van der Waals surface area contributed by atoms with Crippen molar-refractivity contribution in [2.75, 3.05) is 17.7 Å². The molecule has 5 N–H and O–H groups in total. The van der Waals surface area contributed by atoms with Gasteiger partial charge in [-0.2, -0.15) is 9.97 Å². The molecule has 7 heteroatoms. The van der Waals surface area contributed by atoms with Gasteiger partial charge in [-0.15, -0.1) is 0 Å². The molecule has 3 rings (SSSR count). The van der Waals surface area contributed by atoms with Crippen LogP contribution in [0.1, 0.15) is 42.5 Å². The van der Waals surface area contributed by atoms with Crippen molar-refractivity contribution >= 4 is 23.4 Å². The van der Waals surface area contributed by atoms with Crippen LogP contribution in [0.5, 0.6) is 5.88 Å². The highest BCUT2D eigenvalue weighted by Gasteiger charge is 2.15. The van der Waals surface area contributed by atoms with Gasteiger partial charge in [0.1, 0.15) is 5.82 Å². The number of carbonyl (C=O) groups excluding carboxylic acids is 1. The lowest BCUT2D eigenvalue weighted by atomic mass is 9.90. The number of rotatable bonds is 6. The van der Waals surface area contributed by atoms with Gasteiger partial charge in [-0.1, -0.05) is 19.3 Å². The summed E-state index contributed by atoms with van der Waals surface area (Å²) in [6.45, 7) is 0.656. The molecule has 1 aromatic heterocycles. The number of benzene rings is 1. The largest absolute Gasteiger partial charge is 0.477 e. The van der Waals surface area contributed by atoms with Gasteiger partial charge in [0.05, 0.1) is 6.61 Å². The molecule has 0 unspecified atom stereocenters. The first-order valence-corrected chi connectivity index (χ1v) is 8.54. The number of hydrogen-bond donors (Lipinski definition) is 3. The molecule has 132 valence electrons. The van der Waals surface area contributed by atoms with Gasteiger partial charge in [-0.05, 0) is 43.0 Å². The molecule has 2 aromatic rings. The summed E-state index contributed by atoms with van der Waals surface area (Å²) in [5.41, 5.74) is 12.3. The number of ether oxygens (including phenoxy) is 1. The number of amides is 1. The summed E-state index contributed by atoms with van der Waals surface area (Å²) < 4.78 is 5.82. The zero-order valence-corrected chi connectivity index (χ0v) is 14.1. The maximum absolute atomic E-state index is 11.1. The number of nitrogen functional groups attached to an aromatic ring is 1. The van der Waals surface area contributed by atoms with E-state index < -0.39 is 5.91 Å². The quantitative estimate of drug-likeness (QED) is 0.744. The standard InChI is InChI=1S/C18H23N5O2/c19-15-10-16(25-11-12-4-2-1-3-5-12)23-18(22-15)21-14-8-6-13(7-9-14)17(20)24/h6-10,12H,1-5,11H2,(H2,20,24)(H3,19,21,22,23). The summed E-state index contributed by atoms with van der Waals surface area (Å²) in [7, 11) is 0. The molecule has 0 saturated heterocycles. The van der Waals surface area contributed by atoms with Crippen LogP contribution in [-0.4, -0.2) is 22.5 Å². The molecule has 7 nitrogen and oxygen atoms in total. The minimum Gasteiger partial charge on any atom is -0.477 e. The van der Waals surface area contributed by atoms with Crippen molar-refractivity contribution in [3.63, 3.8) is 0 Å². The van der Waals surface area contributed by atoms with Crippen LogP contribution < -0.4 is 21.5 Å². The van der Waals surface area contributed by atoms with Crippen LogP contribution in [0.2, 0.25) is 0 Å². The Bertz CT molecular complexity index is 727. The fraction of sp³-hybridized carbons (Fsp3) is 0.389. The first-order chi connectivity index (χ1) is 12.1. The predicted molar refractivity (Wildman–Crippen MR) is 96.8 cm³/mol. The number of nitrogens with zero attached hydrogens (tertiary/aromatic N) is 2. The van der Waals surface area contributed by atoms with Gasteiger partial charge in [0.2, 0.25) is 17.7 Å². The maximum Gasteiger partial charge on any atom is 0.248 e. The van der Waals surface area contributed by atoms with Crippen LogP contribution in [0.3, 0.4) is 0 Å². The minimum atomic E-state index is -0.467. The zero-order valence-electron chi connectivity index (χ0n) is 14.1. The Morgan fingerprint density at radius 1 is 1.16 bits per heavy atom. The molecular formula is C18H23N5O2. The lowest BCUT2D eigenvalue weighted by Crippen LogP contribution is -2.16. The Labute approximate surface area is 146 Å². The summed E-state index contributed by atoms with van der Waals surface area (Å²) in [6.07, 6.45) is 6.28. The lowest BCUT2D eigenvalue weighted by molar-refractivity contribution is 0.100. The third kappa shape index (κ3) is 4.82. The van der Waals surface area contributed by atoms with Crippen molar-refractivity contribution in [2.24, 2.45) is 11.7 Å². The van der Waals surface area contributed by atoms with Gasteiger partial charge in [0.25, 0.3) is 0 Å². The van der Waals surface area contributed by atoms with Crippen LogP contribution in [0.15, 0.2) is 30.3 Å². The van der Waals surface area contributed by atoms with Crippen molar-refractivity contribution in [3.8, 4) is 5.88 Å². The van der Waals surface area contributed by atoms with E-state index in [4.69, 9.17) is 16.2 Å². The second-order valence-electron chi connectivity index (χ2n) is 6.34. The number of anilines is 3. The van der Waals surface area contributed by atoms with E-state index in [1.807, 2.05) is 0 Å². The van der Waals surface area contributed by atoms with Crippen LogP contribution in [0, 0.1) is 5.92 Å². The molecule has 1 saturated carbocycles. The maximum atomic E-state index is 11.1. The highest BCUT2D eigenvalue weighted by Crippen LogP contribution is 2.25. The summed E-state index contributed by atoms with van der Waals surface area (Å²) in [5.74, 6) is 1.28. The highest BCUT2D eigenvalue weighted by atomic mass is 16.5. The molecule has 1 amide bonds. The molecule has 25 heavy (non-hydrogen) atoms. The monoisotopic (exact) mass is 341 g/mol. The fourth-order valence-corrected chi connectivity index (χ4v) is 2.98. The van der Waals surface area contributed by atoms with Crippen molar-refractivity contribution < 1.29 is 9.53 Å². The van der Waals surface area contributed by atoms with E-state index in [9.17, 15) is 4.79 Å². The normalized spacial score (nSPS) is 14.9. The molecule has 0 aliphatic heterocycles. The van der Waals surface area contributed by atoms with Gasteiger partial charge < -0.3 is 21.5 Å². The van der Waals surface area contributed by atoms with Crippen LogP contribution in [-0.2, 0) is 0 Å². The Hall–Kier alpha value is -2.83. The van der Waals surface area contributed by atoms with Crippen molar-refractivity contribution in [3.05, 3.63) is 35.9 Å². The first kappa shape index (κ1) is 17.0. The average Bonchev–Trinajstić information content (AvgIpc) is 2.61. The van der Waals surface area contributed by atoms with Gasteiger partial charge in [0.15, 0.2) is 0 Å². The van der Waals surface area contributed by atoms with E-state index >= 15 is 0 Å². The number of aromatic nitrogens is 2. The van der Waals surface area contributed by atoms with E-state index in [-0.39, 0.29) is 0 Å². The van der Waals surface area contributed by atoms with Gasteiger partial charge in [-0.3, -0.25) is 4.79 Å². The van der Waals surface area contributed by atoms with E-state index in [0.717, 1.165) is 5.69 Å². The minimum absolute atomic E-state index is 0.338. The van der Waals surface area contributed by atoms with Crippen molar-refractivity contribution in [1.29, 1.82) is 0 Å². The Balaban J connectivity index is 1.65. The van der Waals surface area contributed by atoms with Gasteiger partial charge in [-0.25, -0.2) is 0 Å². The number of hydrogen-bond acceptors (Lipinski definition) is 6. The van der Waals surface area contributed by atoms with Crippen LogP contribution in [0.25, 0.3) is 0 Å². The second kappa shape index (κ2) is 7.83. The third-order valence-electron chi connectivity index (χ3n) is 4.34. The van der Waals surface area contributed by atoms with E-state index in [1.165, 1.54) is 32.1 Å². The molecule has 1 aliphatic rings. The lowest BCUT2D eigenvalue weighted by Gasteiger charge is -2.21. The van der Waals surface area contributed by atoms with E-state index in [0.29, 0.717) is 35.7 Å².